The molecule has 0 unspecified atom stereocenters. The average molecular weight is 532 g/mol. The third kappa shape index (κ3) is 5.89. The molecule has 10 heteroatoms. The Morgan fingerprint density at radius 3 is 2.53 bits per heavy atom. The first-order chi connectivity index (χ1) is 17.8. The van der Waals surface area contributed by atoms with Crippen LogP contribution in [-0.2, 0) is 28.7 Å². The predicted molar refractivity (Wildman–Crippen MR) is 138 cm³/mol. The van der Waals surface area contributed by atoms with Gasteiger partial charge in [0.05, 0.1) is 6.42 Å². The van der Waals surface area contributed by atoms with Gasteiger partial charge in [-0.2, -0.15) is 0 Å². The van der Waals surface area contributed by atoms with Crippen LogP contribution in [0.1, 0.15) is 72.6 Å². The fourth-order valence-corrected chi connectivity index (χ4v) is 6.34. The molecule has 0 aromatic rings. The van der Waals surface area contributed by atoms with E-state index in [0.717, 1.165) is 25.7 Å². The lowest BCUT2D eigenvalue weighted by Gasteiger charge is -2.32. The first-order valence-corrected chi connectivity index (χ1v) is 13.8. The van der Waals surface area contributed by atoms with Crippen LogP contribution in [0.3, 0.4) is 0 Å². The van der Waals surface area contributed by atoms with Gasteiger partial charge >= 0.3 is 11.9 Å². The molecule has 2 N–H and O–H groups in total. The molecule has 10 nitrogen and oxygen atoms in total. The molecule has 0 bridgehead atoms. The van der Waals surface area contributed by atoms with E-state index in [9.17, 15) is 29.1 Å². The maximum Gasteiger partial charge on any atom is 0.330 e. The second kappa shape index (κ2) is 10.7. The highest BCUT2D eigenvalue weighted by Gasteiger charge is 2.62. The lowest BCUT2D eigenvalue weighted by Crippen LogP contribution is -2.56. The van der Waals surface area contributed by atoms with Crippen LogP contribution >= 0.6 is 0 Å². The van der Waals surface area contributed by atoms with Crippen LogP contribution < -0.4 is 5.32 Å². The van der Waals surface area contributed by atoms with E-state index in [1.807, 2.05) is 12.2 Å². The van der Waals surface area contributed by atoms with Gasteiger partial charge in [0.1, 0.15) is 17.2 Å². The van der Waals surface area contributed by atoms with Gasteiger partial charge in [-0.3, -0.25) is 19.2 Å². The normalized spacial score (nSPS) is 34.7. The third-order valence-electron chi connectivity index (χ3n) is 8.38. The van der Waals surface area contributed by atoms with Crippen molar-refractivity contribution >= 4 is 29.7 Å². The number of allylic oxidation sites excluding steroid dienone is 1. The van der Waals surface area contributed by atoms with E-state index >= 15 is 0 Å². The number of hydrogen-bond acceptors (Lipinski definition) is 6. The van der Waals surface area contributed by atoms with Crippen molar-refractivity contribution in [1.29, 1.82) is 0 Å². The fraction of sp³-hybridized carbons (Fsp3) is 0.750. The van der Waals surface area contributed by atoms with E-state index in [-0.39, 0.29) is 36.0 Å². The Labute approximate surface area is 224 Å². The molecule has 3 fully saturated rings. The number of fused-ring (bicyclic) bond motifs is 4. The molecule has 4 rings (SSSR count). The van der Waals surface area contributed by atoms with Crippen LogP contribution in [0.15, 0.2) is 12.2 Å². The molecule has 3 heterocycles. The Balaban J connectivity index is 1.64. The van der Waals surface area contributed by atoms with Gasteiger partial charge in [0.25, 0.3) is 0 Å². The summed E-state index contributed by atoms with van der Waals surface area (Å²) in [6.07, 6.45) is 7.89. The molecule has 0 aromatic heterocycles. The number of hydrogen-bond donors (Lipinski definition) is 2. The summed E-state index contributed by atoms with van der Waals surface area (Å²) in [5.41, 5.74) is -2.06. The molecule has 3 amide bonds. The number of nitrogens with zero attached hydrogens (tertiary/aromatic N) is 2. The minimum atomic E-state index is -1.38. The average Bonchev–Trinajstić information content (AvgIpc) is 3.16. The van der Waals surface area contributed by atoms with Crippen molar-refractivity contribution in [3.8, 4) is 0 Å². The number of nitrogens with one attached hydrogen (secondary N) is 1. The summed E-state index contributed by atoms with van der Waals surface area (Å²) in [5.74, 6) is -3.72. The van der Waals surface area contributed by atoms with Crippen molar-refractivity contribution in [1.82, 2.24) is 15.1 Å². The molecule has 2 saturated heterocycles. The number of carbonyl (C=O) groups is 5. The standard InChI is InChI=1S/C28H41N3O7/c1-17(32)30-14-19-15-31-23(21(19)16-30)24(34)29-28(26(36)37)13-20(28)11-9-7-5-6-8-10-18(25(31)35)12-22(33)38-27(2,3)4/h9,11,18-21,23H,5-8,10,12-16H2,1-4H3,(H,29,34)(H,36,37)/b11-9-/t18-,19+,20-,21+,23+,28-/m1/s1. The highest BCUT2D eigenvalue weighted by molar-refractivity contribution is 5.96. The number of esters is 1. The lowest BCUT2D eigenvalue weighted by atomic mass is 9.92. The summed E-state index contributed by atoms with van der Waals surface area (Å²) in [4.78, 5) is 68.1. The van der Waals surface area contributed by atoms with Crippen LogP contribution in [0.2, 0.25) is 0 Å². The molecule has 1 aliphatic carbocycles. The third-order valence-corrected chi connectivity index (χ3v) is 8.38. The Morgan fingerprint density at radius 1 is 1.13 bits per heavy atom. The molecule has 0 aromatic carbocycles. The summed E-state index contributed by atoms with van der Waals surface area (Å²) >= 11 is 0. The number of carboxylic acids is 1. The number of aliphatic carboxylic acids is 1. The van der Waals surface area contributed by atoms with Crippen molar-refractivity contribution in [3.05, 3.63) is 12.2 Å². The van der Waals surface area contributed by atoms with Gasteiger partial charge in [0, 0.05) is 50.2 Å². The number of amides is 3. The summed E-state index contributed by atoms with van der Waals surface area (Å²) in [6, 6.07) is -0.899. The van der Waals surface area contributed by atoms with E-state index in [1.54, 1.807) is 30.6 Å². The molecule has 38 heavy (non-hydrogen) atoms. The molecular weight excluding hydrogens is 490 g/mol. The van der Waals surface area contributed by atoms with Crippen molar-refractivity contribution < 1.29 is 33.8 Å². The number of carboxylic acid groups (broad SMARTS) is 1. The number of likely N-dealkylation sites (tertiary alicyclic amines) is 1. The van der Waals surface area contributed by atoms with Crippen LogP contribution in [0, 0.1) is 23.7 Å². The maximum absolute atomic E-state index is 14.0. The van der Waals surface area contributed by atoms with E-state index in [0.29, 0.717) is 32.5 Å². The van der Waals surface area contributed by atoms with Gasteiger partial charge in [0.15, 0.2) is 0 Å². The highest BCUT2D eigenvalue weighted by Crippen LogP contribution is 2.46. The second-order valence-electron chi connectivity index (χ2n) is 12.4. The fourth-order valence-electron chi connectivity index (χ4n) is 6.34. The molecule has 3 aliphatic heterocycles. The molecule has 210 valence electrons. The van der Waals surface area contributed by atoms with Crippen molar-refractivity contribution in [3.63, 3.8) is 0 Å². The number of rotatable bonds is 3. The van der Waals surface area contributed by atoms with Crippen LogP contribution in [0.5, 0.6) is 0 Å². The van der Waals surface area contributed by atoms with Gasteiger partial charge in [-0.15, -0.1) is 0 Å². The lowest BCUT2D eigenvalue weighted by molar-refractivity contribution is -0.159. The zero-order valence-corrected chi connectivity index (χ0v) is 22.9. The minimum absolute atomic E-state index is 0.0725. The second-order valence-corrected chi connectivity index (χ2v) is 12.4. The Morgan fingerprint density at radius 2 is 1.87 bits per heavy atom. The zero-order chi connectivity index (χ0) is 27.8. The SMILES string of the molecule is CC(=O)N1C[C@H]2CN3C(=O)[C@@H](CC(=O)OC(C)(C)C)CCCCC/C=C\[C@@H]4C[C@@]4(C(=O)O)NC(=O)[C@@H]3[C@H]2C1. The van der Waals surface area contributed by atoms with Crippen molar-refractivity contribution in [2.75, 3.05) is 19.6 Å². The molecular formula is C28H41N3O7. The summed E-state index contributed by atoms with van der Waals surface area (Å²) in [7, 11) is 0. The maximum atomic E-state index is 14.0. The smallest absolute Gasteiger partial charge is 0.330 e. The highest BCUT2D eigenvalue weighted by atomic mass is 16.6. The van der Waals surface area contributed by atoms with Crippen LogP contribution in [0.4, 0.5) is 0 Å². The molecule has 1 saturated carbocycles. The van der Waals surface area contributed by atoms with Crippen LogP contribution in [-0.4, -0.2) is 81.4 Å². The first-order valence-electron chi connectivity index (χ1n) is 13.8. The number of carbonyl (C=O) groups excluding carboxylic acids is 4. The summed E-state index contributed by atoms with van der Waals surface area (Å²) < 4.78 is 5.51. The van der Waals surface area contributed by atoms with E-state index in [1.165, 1.54) is 6.92 Å². The molecule has 0 spiro atoms. The zero-order valence-electron chi connectivity index (χ0n) is 22.9. The molecule has 6 atom stereocenters. The van der Waals surface area contributed by atoms with Crippen molar-refractivity contribution in [2.45, 2.75) is 89.8 Å². The van der Waals surface area contributed by atoms with Crippen LogP contribution in [0.25, 0.3) is 0 Å². The first kappa shape index (κ1) is 28.1. The monoisotopic (exact) mass is 531 g/mol. The Kier molecular flexibility index (Phi) is 7.91. The Hall–Kier alpha value is -2.91. The summed E-state index contributed by atoms with van der Waals surface area (Å²) in [5, 5.41) is 12.8. The van der Waals surface area contributed by atoms with Gasteiger partial charge in [-0.05, 0) is 46.5 Å². The van der Waals surface area contributed by atoms with Crippen molar-refractivity contribution in [2.24, 2.45) is 23.7 Å². The van der Waals surface area contributed by atoms with E-state index in [4.69, 9.17) is 4.74 Å². The Bertz CT molecular complexity index is 1020. The summed E-state index contributed by atoms with van der Waals surface area (Å²) in [6.45, 7) is 7.90. The van der Waals surface area contributed by atoms with Gasteiger partial charge in [0.2, 0.25) is 17.7 Å². The number of ether oxygens (including phenoxy) is 1. The van der Waals surface area contributed by atoms with E-state index in [2.05, 4.69) is 5.32 Å². The van der Waals surface area contributed by atoms with Gasteiger partial charge < -0.3 is 25.0 Å². The van der Waals surface area contributed by atoms with Gasteiger partial charge in [-0.1, -0.05) is 25.0 Å². The van der Waals surface area contributed by atoms with Gasteiger partial charge in [-0.25, -0.2) is 4.79 Å². The quantitative estimate of drug-likeness (QED) is 0.421. The topological polar surface area (TPSA) is 133 Å². The minimum Gasteiger partial charge on any atom is -0.479 e. The molecule has 0 radical (unpaired) electrons. The largest absolute Gasteiger partial charge is 0.479 e. The van der Waals surface area contributed by atoms with E-state index < -0.39 is 40.9 Å². The predicted octanol–water partition coefficient (Wildman–Crippen LogP) is 2.12. The molecule has 4 aliphatic rings.